The molecule has 1 atom stereocenters. The Labute approximate surface area is 157 Å². The van der Waals surface area contributed by atoms with Crippen LogP contribution in [-0.4, -0.2) is 56.9 Å². The molecule has 27 heavy (non-hydrogen) atoms. The Balaban J connectivity index is 1.46. The molecule has 1 fully saturated rings. The average molecular weight is 366 g/mol. The summed E-state index contributed by atoms with van der Waals surface area (Å²) in [6.07, 6.45) is 4.39. The van der Waals surface area contributed by atoms with E-state index in [1.807, 2.05) is 30.5 Å². The molecule has 7 heteroatoms. The zero-order valence-corrected chi connectivity index (χ0v) is 15.0. The van der Waals surface area contributed by atoms with Gasteiger partial charge in [0.25, 0.3) is 0 Å². The monoisotopic (exact) mass is 366 g/mol. The lowest BCUT2D eigenvalue weighted by molar-refractivity contribution is 0.0694. The van der Waals surface area contributed by atoms with Crippen molar-refractivity contribution in [3.8, 4) is 0 Å². The van der Waals surface area contributed by atoms with Crippen LogP contribution in [0.1, 0.15) is 21.6 Å². The molecule has 3 heterocycles. The van der Waals surface area contributed by atoms with Crippen molar-refractivity contribution in [3.05, 3.63) is 65.6 Å². The minimum atomic E-state index is -0.883. The van der Waals surface area contributed by atoms with Gasteiger partial charge in [-0.2, -0.15) is 5.10 Å². The van der Waals surface area contributed by atoms with Crippen molar-refractivity contribution in [2.45, 2.75) is 13.0 Å². The van der Waals surface area contributed by atoms with Crippen LogP contribution in [-0.2, 0) is 17.7 Å². The highest BCUT2D eigenvalue weighted by Gasteiger charge is 2.21. The summed E-state index contributed by atoms with van der Waals surface area (Å²) in [5, 5.41) is 14.0. The molecular weight excluding hydrogens is 344 g/mol. The average Bonchev–Trinajstić information content (AvgIpc) is 3.02. The number of rotatable bonds is 5. The van der Waals surface area contributed by atoms with Gasteiger partial charge in [-0.15, -0.1) is 0 Å². The van der Waals surface area contributed by atoms with E-state index in [0.29, 0.717) is 31.2 Å². The second-order valence-corrected chi connectivity index (χ2v) is 6.90. The van der Waals surface area contributed by atoms with Crippen molar-refractivity contribution in [3.63, 3.8) is 0 Å². The van der Waals surface area contributed by atoms with E-state index < -0.39 is 5.97 Å². The maximum atomic E-state index is 11.5. The number of carboxylic acids is 1. The van der Waals surface area contributed by atoms with E-state index in [9.17, 15) is 9.90 Å². The second kappa shape index (κ2) is 7.85. The van der Waals surface area contributed by atoms with Crippen molar-refractivity contribution in [1.82, 2.24) is 19.5 Å². The lowest BCUT2D eigenvalue weighted by Gasteiger charge is -2.24. The van der Waals surface area contributed by atoms with E-state index in [2.05, 4.69) is 15.0 Å². The molecular formula is C20H22N4O3. The molecule has 1 saturated heterocycles. The number of fused-ring (bicyclic) bond motifs is 1. The molecule has 1 aliphatic heterocycles. The van der Waals surface area contributed by atoms with Crippen molar-refractivity contribution in [2.24, 2.45) is 5.92 Å². The Kier molecular flexibility index (Phi) is 5.13. The first kappa shape index (κ1) is 17.6. The molecule has 7 nitrogen and oxygen atoms in total. The molecule has 0 radical (unpaired) electrons. The topological polar surface area (TPSA) is 80.0 Å². The summed E-state index contributed by atoms with van der Waals surface area (Å²) in [5.41, 5.74) is 3.04. The van der Waals surface area contributed by atoms with Crippen LogP contribution in [0.4, 0.5) is 0 Å². The van der Waals surface area contributed by atoms with Crippen LogP contribution in [0.3, 0.4) is 0 Å². The summed E-state index contributed by atoms with van der Waals surface area (Å²) >= 11 is 0. The van der Waals surface area contributed by atoms with Crippen LogP contribution in [0.25, 0.3) is 5.65 Å². The lowest BCUT2D eigenvalue weighted by atomic mass is 10.0. The van der Waals surface area contributed by atoms with E-state index >= 15 is 0 Å². The van der Waals surface area contributed by atoms with E-state index in [4.69, 9.17) is 4.74 Å². The number of ether oxygens (including phenoxy) is 1. The first-order chi connectivity index (χ1) is 13.2. The highest BCUT2D eigenvalue weighted by molar-refractivity contribution is 5.89. The van der Waals surface area contributed by atoms with Gasteiger partial charge < -0.3 is 9.84 Å². The number of benzene rings is 1. The SMILES string of the molecule is O=C(O)c1ccccc1CN1CCOC[C@H](Cc2ccc3nccn3n2)C1. The Morgan fingerprint density at radius 2 is 2.15 bits per heavy atom. The van der Waals surface area contributed by atoms with Gasteiger partial charge in [-0.05, 0) is 30.2 Å². The van der Waals surface area contributed by atoms with Crippen molar-refractivity contribution in [2.75, 3.05) is 26.3 Å². The van der Waals surface area contributed by atoms with Crippen molar-refractivity contribution < 1.29 is 14.6 Å². The fourth-order valence-electron chi connectivity index (χ4n) is 3.59. The number of hydrogen-bond acceptors (Lipinski definition) is 5. The standard InChI is InChI=1S/C20H22N4O3/c25-20(26)18-4-2-1-3-16(18)13-23-9-10-27-14-15(12-23)11-17-5-6-19-21-7-8-24(19)22-17/h1-8,15H,9-14H2,(H,25,26)/t15-/m1/s1. The number of carbonyl (C=O) groups is 1. The molecule has 1 aliphatic rings. The van der Waals surface area contributed by atoms with Gasteiger partial charge in [0.2, 0.25) is 0 Å². The van der Waals surface area contributed by atoms with Crippen LogP contribution >= 0.6 is 0 Å². The number of aromatic nitrogens is 3. The maximum Gasteiger partial charge on any atom is 0.336 e. The molecule has 0 aliphatic carbocycles. The van der Waals surface area contributed by atoms with Gasteiger partial charge in [0, 0.05) is 37.9 Å². The predicted molar refractivity (Wildman–Crippen MR) is 99.7 cm³/mol. The van der Waals surface area contributed by atoms with Crippen LogP contribution in [0.15, 0.2) is 48.8 Å². The van der Waals surface area contributed by atoms with Crippen LogP contribution in [0.2, 0.25) is 0 Å². The molecule has 1 N–H and O–H groups in total. The molecule has 0 saturated carbocycles. The van der Waals surface area contributed by atoms with Gasteiger partial charge in [0.05, 0.1) is 24.5 Å². The number of carboxylic acid groups (broad SMARTS) is 1. The van der Waals surface area contributed by atoms with Crippen LogP contribution in [0.5, 0.6) is 0 Å². The largest absolute Gasteiger partial charge is 0.478 e. The van der Waals surface area contributed by atoms with Crippen molar-refractivity contribution in [1.29, 1.82) is 0 Å². The molecule has 0 amide bonds. The second-order valence-electron chi connectivity index (χ2n) is 6.90. The minimum Gasteiger partial charge on any atom is -0.478 e. The number of imidazole rings is 1. The number of hydrogen-bond donors (Lipinski definition) is 1. The first-order valence-corrected chi connectivity index (χ1v) is 9.09. The van der Waals surface area contributed by atoms with E-state index in [1.54, 1.807) is 22.8 Å². The fraction of sp³-hybridized carbons (Fsp3) is 0.350. The highest BCUT2D eigenvalue weighted by Crippen LogP contribution is 2.17. The Morgan fingerprint density at radius 1 is 1.26 bits per heavy atom. The summed E-state index contributed by atoms with van der Waals surface area (Å²) in [4.78, 5) is 18.0. The van der Waals surface area contributed by atoms with E-state index in [1.165, 1.54) is 0 Å². The van der Waals surface area contributed by atoms with Crippen LogP contribution < -0.4 is 0 Å². The maximum absolute atomic E-state index is 11.5. The summed E-state index contributed by atoms with van der Waals surface area (Å²) in [5.74, 6) is -0.580. The normalized spacial score (nSPS) is 18.4. The molecule has 0 spiro atoms. The minimum absolute atomic E-state index is 0.304. The third-order valence-corrected chi connectivity index (χ3v) is 4.87. The third kappa shape index (κ3) is 4.15. The molecule has 0 bridgehead atoms. The number of nitrogens with zero attached hydrogens (tertiary/aromatic N) is 4. The Bertz CT molecular complexity index is 940. The first-order valence-electron chi connectivity index (χ1n) is 9.09. The molecule has 140 valence electrons. The van der Waals surface area contributed by atoms with Gasteiger partial charge in [-0.1, -0.05) is 18.2 Å². The fourth-order valence-corrected chi connectivity index (χ4v) is 3.59. The Morgan fingerprint density at radius 3 is 3.04 bits per heavy atom. The van der Waals surface area contributed by atoms with Gasteiger partial charge in [0.1, 0.15) is 0 Å². The number of aromatic carboxylic acids is 1. The lowest BCUT2D eigenvalue weighted by Crippen LogP contribution is -2.31. The van der Waals surface area contributed by atoms with E-state index in [0.717, 1.165) is 36.4 Å². The van der Waals surface area contributed by atoms with E-state index in [-0.39, 0.29) is 0 Å². The molecule has 1 aromatic carbocycles. The quantitative estimate of drug-likeness (QED) is 0.745. The molecule has 4 rings (SSSR count). The summed E-state index contributed by atoms with van der Waals surface area (Å²) in [6, 6.07) is 11.2. The smallest absolute Gasteiger partial charge is 0.336 e. The van der Waals surface area contributed by atoms with Gasteiger partial charge in [0.15, 0.2) is 5.65 Å². The highest BCUT2D eigenvalue weighted by atomic mass is 16.5. The predicted octanol–water partition coefficient (Wildman–Crippen LogP) is 2.12. The Hall–Kier alpha value is -2.77. The van der Waals surface area contributed by atoms with Gasteiger partial charge in [-0.3, -0.25) is 4.90 Å². The zero-order chi connectivity index (χ0) is 18.6. The van der Waals surface area contributed by atoms with Crippen molar-refractivity contribution >= 4 is 11.6 Å². The summed E-state index contributed by atoms with van der Waals surface area (Å²) < 4.78 is 7.58. The van der Waals surface area contributed by atoms with Crippen LogP contribution in [0, 0.1) is 5.92 Å². The molecule has 3 aromatic rings. The zero-order valence-electron chi connectivity index (χ0n) is 15.0. The molecule has 2 aromatic heterocycles. The molecule has 0 unspecified atom stereocenters. The third-order valence-electron chi connectivity index (χ3n) is 4.87. The van der Waals surface area contributed by atoms with Gasteiger partial charge >= 0.3 is 5.97 Å². The summed E-state index contributed by atoms with van der Waals surface area (Å²) in [7, 11) is 0. The van der Waals surface area contributed by atoms with Gasteiger partial charge in [-0.25, -0.2) is 14.3 Å². The summed E-state index contributed by atoms with van der Waals surface area (Å²) in [6.45, 7) is 3.58.